The van der Waals surface area contributed by atoms with Crippen LogP contribution < -0.4 is 5.32 Å². The highest BCUT2D eigenvalue weighted by molar-refractivity contribution is 9.11. The Morgan fingerprint density at radius 1 is 1.20 bits per heavy atom. The van der Waals surface area contributed by atoms with Gasteiger partial charge in [0.25, 0.3) is 0 Å². The standard InChI is InChI=1S/C16H21BrN4O3S/c17-13-4-3-12(25-13)11-19-6-8-20(9-7-19)14(22)2-1-5-21-15(23)10-18-16(21)24/h3-4H,1-2,5-11H2,(H,18,24). The Kier molecular flexibility index (Phi) is 6.08. The number of carbonyl (C=O) groups excluding carboxylic acids is 3. The summed E-state index contributed by atoms with van der Waals surface area (Å²) in [5.41, 5.74) is 0. The maximum atomic E-state index is 12.3. The van der Waals surface area contributed by atoms with Gasteiger partial charge in [0.15, 0.2) is 0 Å². The van der Waals surface area contributed by atoms with E-state index in [0.717, 1.165) is 36.5 Å². The molecule has 9 heteroatoms. The highest BCUT2D eigenvalue weighted by Gasteiger charge is 2.28. The van der Waals surface area contributed by atoms with Gasteiger partial charge in [0.2, 0.25) is 11.8 Å². The number of amides is 4. The molecule has 0 spiro atoms. The van der Waals surface area contributed by atoms with Crippen LogP contribution in [0.25, 0.3) is 0 Å². The fourth-order valence-electron chi connectivity index (χ4n) is 3.04. The van der Waals surface area contributed by atoms with Gasteiger partial charge in [-0.2, -0.15) is 0 Å². The molecule has 7 nitrogen and oxygen atoms in total. The zero-order valence-corrected chi connectivity index (χ0v) is 16.3. The maximum Gasteiger partial charge on any atom is 0.324 e. The first-order chi connectivity index (χ1) is 12.0. The summed E-state index contributed by atoms with van der Waals surface area (Å²) >= 11 is 5.22. The number of thiophene rings is 1. The van der Waals surface area contributed by atoms with Crippen molar-refractivity contribution in [1.29, 1.82) is 0 Å². The minimum Gasteiger partial charge on any atom is -0.340 e. The van der Waals surface area contributed by atoms with Crippen molar-refractivity contribution in [3.8, 4) is 0 Å². The molecular weight excluding hydrogens is 408 g/mol. The van der Waals surface area contributed by atoms with E-state index in [1.807, 2.05) is 4.90 Å². The quantitative estimate of drug-likeness (QED) is 0.696. The summed E-state index contributed by atoms with van der Waals surface area (Å²) in [6, 6.07) is 3.83. The van der Waals surface area contributed by atoms with E-state index in [-0.39, 0.29) is 24.4 Å². The number of rotatable bonds is 6. The molecule has 2 aliphatic rings. The first kappa shape index (κ1) is 18.3. The van der Waals surface area contributed by atoms with Crippen molar-refractivity contribution in [2.75, 3.05) is 39.3 Å². The molecule has 0 unspecified atom stereocenters. The third-order valence-electron chi connectivity index (χ3n) is 4.44. The van der Waals surface area contributed by atoms with Crippen molar-refractivity contribution in [3.05, 3.63) is 20.8 Å². The van der Waals surface area contributed by atoms with Crippen molar-refractivity contribution >= 4 is 45.1 Å². The fourth-order valence-corrected chi connectivity index (χ4v) is 4.57. The molecule has 136 valence electrons. The molecule has 1 N–H and O–H groups in total. The second-order valence-electron chi connectivity index (χ2n) is 6.17. The van der Waals surface area contributed by atoms with Crippen LogP contribution in [0.5, 0.6) is 0 Å². The van der Waals surface area contributed by atoms with Crippen molar-refractivity contribution in [2.45, 2.75) is 19.4 Å². The van der Waals surface area contributed by atoms with E-state index in [9.17, 15) is 14.4 Å². The minimum atomic E-state index is -0.355. The highest BCUT2D eigenvalue weighted by Crippen LogP contribution is 2.23. The van der Waals surface area contributed by atoms with Crippen molar-refractivity contribution < 1.29 is 14.4 Å². The molecule has 1 aromatic rings. The normalized spacial score (nSPS) is 18.8. The first-order valence-electron chi connectivity index (χ1n) is 8.35. The number of hydrogen-bond acceptors (Lipinski definition) is 5. The van der Waals surface area contributed by atoms with Gasteiger partial charge in [-0.3, -0.25) is 19.4 Å². The van der Waals surface area contributed by atoms with Gasteiger partial charge in [0.1, 0.15) is 0 Å². The summed E-state index contributed by atoms with van der Waals surface area (Å²) in [7, 11) is 0. The monoisotopic (exact) mass is 428 g/mol. The van der Waals surface area contributed by atoms with Crippen LogP contribution in [0.15, 0.2) is 15.9 Å². The lowest BCUT2D eigenvalue weighted by molar-refractivity contribution is -0.133. The van der Waals surface area contributed by atoms with Crippen LogP contribution in [0.1, 0.15) is 17.7 Å². The second-order valence-corrected chi connectivity index (χ2v) is 8.72. The van der Waals surface area contributed by atoms with E-state index in [0.29, 0.717) is 19.4 Å². The Balaban J connectivity index is 1.36. The molecule has 0 saturated carbocycles. The Hall–Kier alpha value is -1.45. The van der Waals surface area contributed by atoms with E-state index in [1.165, 1.54) is 9.78 Å². The number of nitrogens with one attached hydrogen (secondary N) is 1. The molecule has 3 heterocycles. The summed E-state index contributed by atoms with van der Waals surface area (Å²) in [4.78, 5) is 42.0. The smallest absolute Gasteiger partial charge is 0.324 e. The Bertz CT molecular complexity index is 642. The molecule has 0 bridgehead atoms. The van der Waals surface area contributed by atoms with Crippen LogP contribution in [-0.2, 0) is 16.1 Å². The molecule has 2 aliphatic heterocycles. The summed E-state index contributed by atoms with van der Waals surface area (Å²) in [6.45, 7) is 4.50. The number of nitrogens with zero attached hydrogens (tertiary/aromatic N) is 3. The SMILES string of the molecule is O=C(CCCN1C(=O)CNC1=O)N1CCN(Cc2ccc(Br)s2)CC1. The van der Waals surface area contributed by atoms with Crippen molar-refractivity contribution in [1.82, 2.24) is 20.0 Å². The number of piperazine rings is 1. The van der Waals surface area contributed by atoms with Gasteiger partial charge in [0, 0.05) is 50.6 Å². The summed E-state index contributed by atoms with van der Waals surface area (Å²) in [6.07, 6.45) is 0.885. The molecular formula is C16H21BrN4O3S. The van der Waals surface area contributed by atoms with Crippen LogP contribution in [0.4, 0.5) is 4.79 Å². The molecule has 0 aromatic carbocycles. The van der Waals surface area contributed by atoms with E-state index in [1.54, 1.807) is 11.3 Å². The lowest BCUT2D eigenvalue weighted by atomic mass is 10.2. The number of urea groups is 1. The van der Waals surface area contributed by atoms with Gasteiger partial charge in [-0.15, -0.1) is 11.3 Å². The fraction of sp³-hybridized carbons (Fsp3) is 0.562. The van der Waals surface area contributed by atoms with Gasteiger partial charge >= 0.3 is 6.03 Å². The molecule has 1 aromatic heterocycles. The molecule has 3 rings (SSSR count). The minimum absolute atomic E-state index is 0.0650. The van der Waals surface area contributed by atoms with Gasteiger partial charge in [-0.25, -0.2) is 4.79 Å². The largest absolute Gasteiger partial charge is 0.340 e. The predicted molar refractivity (Wildman–Crippen MR) is 98.2 cm³/mol. The van der Waals surface area contributed by atoms with Gasteiger partial charge in [-0.05, 0) is 34.5 Å². The van der Waals surface area contributed by atoms with Gasteiger partial charge < -0.3 is 10.2 Å². The van der Waals surface area contributed by atoms with E-state index < -0.39 is 0 Å². The van der Waals surface area contributed by atoms with Crippen LogP contribution in [0.3, 0.4) is 0 Å². The Morgan fingerprint density at radius 3 is 2.56 bits per heavy atom. The predicted octanol–water partition coefficient (Wildman–Crippen LogP) is 1.49. The zero-order chi connectivity index (χ0) is 17.8. The maximum absolute atomic E-state index is 12.3. The number of carbonyl (C=O) groups is 3. The van der Waals surface area contributed by atoms with Gasteiger partial charge in [0.05, 0.1) is 10.3 Å². The van der Waals surface area contributed by atoms with E-state index >= 15 is 0 Å². The molecule has 4 amide bonds. The molecule has 2 saturated heterocycles. The van der Waals surface area contributed by atoms with Crippen LogP contribution in [0, 0.1) is 0 Å². The molecule has 0 aliphatic carbocycles. The molecule has 25 heavy (non-hydrogen) atoms. The molecule has 0 atom stereocenters. The average Bonchev–Trinajstić information content (AvgIpc) is 3.15. The third-order valence-corrected chi connectivity index (χ3v) is 6.05. The number of imide groups is 1. The van der Waals surface area contributed by atoms with Crippen molar-refractivity contribution in [2.24, 2.45) is 0 Å². The van der Waals surface area contributed by atoms with Crippen LogP contribution in [-0.4, -0.2) is 71.8 Å². The number of hydrogen-bond donors (Lipinski definition) is 1. The highest BCUT2D eigenvalue weighted by atomic mass is 79.9. The van der Waals surface area contributed by atoms with E-state index in [2.05, 4.69) is 38.3 Å². The van der Waals surface area contributed by atoms with Crippen LogP contribution in [0.2, 0.25) is 0 Å². The molecule has 2 fully saturated rings. The lowest BCUT2D eigenvalue weighted by Gasteiger charge is -2.34. The van der Waals surface area contributed by atoms with Gasteiger partial charge in [-0.1, -0.05) is 0 Å². The third kappa shape index (κ3) is 4.80. The average molecular weight is 429 g/mol. The summed E-state index contributed by atoms with van der Waals surface area (Å²) < 4.78 is 1.14. The first-order valence-corrected chi connectivity index (χ1v) is 9.96. The van der Waals surface area contributed by atoms with Crippen molar-refractivity contribution in [3.63, 3.8) is 0 Å². The zero-order valence-electron chi connectivity index (χ0n) is 13.9. The summed E-state index contributed by atoms with van der Waals surface area (Å²) in [5.74, 6) is -0.114. The lowest BCUT2D eigenvalue weighted by Crippen LogP contribution is -2.48. The number of halogens is 1. The second kappa shape index (κ2) is 8.29. The topological polar surface area (TPSA) is 73.0 Å². The Morgan fingerprint density at radius 2 is 1.96 bits per heavy atom. The molecule has 0 radical (unpaired) electrons. The van der Waals surface area contributed by atoms with E-state index in [4.69, 9.17) is 0 Å². The Labute approximate surface area is 159 Å². The van der Waals surface area contributed by atoms with Crippen LogP contribution >= 0.6 is 27.3 Å². The summed E-state index contributed by atoms with van der Waals surface area (Å²) in [5, 5.41) is 2.48.